The second-order valence-electron chi connectivity index (χ2n) is 6.17. The van der Waals surface area contributed by atoms with Crippen LogP contribution in [0.5, 0.6) is 0 Å². The number of carbonyl (C=O) groups is 1. The first kappa shape index (κ1) is 17.6. The Morgan fingerprint density at radius 2 is 2.15 bits per heavy atom. The fourth-order valence-corrected chi connectivity index (χ4v) is 4.09. The summed E-state index contributed by atoms with van der Waals surface area (Å²) in [4.78, 5) is 23.6. The minimum Gasteiger partial charge on any atom is -0.278 e. The van der Waals surface area contributed by atoms with Crippen LogP contribution in [-0.2, 0) is 13.6 Å². The van der Waals surface area contributed by atoms with Gasteiger partial charge in [-0.1, -0.05) is 35.1 Å². The summed E-state index contributed by atoms with van der Waals surface area (Å²) in [5.41, 5.74) is 3.10. The molecule has 0 spiro atoms. The molecule has 4 rings (SSSR count). The minimum atomic E-state index is -0.215. The summed E-state index contributed by atoms with van der Waals surface area (Å²) < 4.78 is 2.48. The van der Waals surface area contributed by atoms with Crippen LogP contribution in [0, 0.1) is 6.92 Å². The minimum absolute atomic E-state index is 0.215. The molecule has 0 aliphatic carbocycles. The van der Waals surface area contributed by atoms with Crippen LogP contribution in [0.25, 0.3) is 10.2 Å². The van der Waals surface area contributed by atoms with Crippen molar-refractivity contribution in [3.63, 3.8) is 0 Å². The van der Waals surface area contributed by atoms with Gasteiger partial charge in [0.2, 0.25) is 0 Å². The maximum absolute atomic E-state index is 13.2. The van der Waals surface area contributed by atoms with E-state index in [1.165, 1.54) is 11.3 Å². The predicted octanol–water partition coefficient (Wildman–Crippen LogP) is 4.23. The van der Waals surface area contributed by atoms with Gasteiger partial charge in [0.1, 0.15) is 0 Å². The van der Waals surface area contributed by atoms with E-state index in [-0.39, 0.29) is 5.91 Å². The summed E-state index contributed by atoms with van der Waals surface area (Å²) in [6, 6.07) is 9.26. The van der Waals surface area contributed by atoms with Crippen LogP contribution in [0.3, 0.4) is 0 Å². The van der Waals surface area contributed by atoms with E-state index >= 15 is 0 Å². The van der Waals surface area contributed by atoms with Crippen LogP contribution < -0.4 is 4.90 Å². The number of rotatable bonds is 4. The van der Waals surface area contributed by atoms with Gasteiger partial charge >= 0.3 is 0 Å². The molecule has 0 fully saturated rings. The van der Waals surface area contributed by atoms with Gasteiger partial charge in [0.05, 0.1) is 21.8 Å². The smallest absolute Gasteiger partial charge is 0.278 e. The summed E-state index contributed by atoms with van der Waals surface area (Å²) in [7, 11) is 1.78. The summed E-state index contributed by atoms with van der Waals surface area (Å²) in [5, 5.41) is 5.46. The zero-order valence-corrected chi connectivity index (χ0v) is 16.3. The van der Waals surface area contributed by atoms with Gasteiger partial charge in [0.15, 0.2) is 10.8 Å². The number of thiazole rings is 1. The second kappa shape index (κ2) is 7.09. The quantitative estimate of drug-likeness (QED) is 0.516. The van der Waals surface area contributed by atoms with Crippen molar-refractivity contribution in [2.75, 3.05) is 4.90 Å². The average Bonchev–Trinajstić information content (AvgIpc) is 3.30. The Bertz CT molecular complexity index is 1080. The first-order valence-electron chi connectivity index (χ1n) is 8.29. The van der Waals surface area contributed by atoms with Crippen molar-refractivity contribution in [2.24, 2.45) is 7.05 Å². The summed E-state index contributed by atoms with van der Waals surface area (Å²) in [5.74, 6) is -0.215. The van der Waals surface area contributed by atoms with E-state index in [9.17, 15) is 4.79 Å². The lowest BCUT2D eigenvalue weighted by atomic mass is 10.2. The van der Waals surface area contributed by atoms with Gasteiger partial charge in [-0.2, -0.15) is 5.10 Å². The SMILES string of the molecule is Cc1ccc(Cl)c2sc(N(Cc3cccnc3)C(=O)c3ccn(C)n3)nc12. The fourth-order valence-electron chi connectivity index (χ4n) is 2.77. The van der Waals surface area contributed by atoms with E-state index < -0.39 is 0 Å². The third kappa shape index (κ3) is 3.43. The highest BCUT2D eigenvalue weighted by Gasteiger charge is 2.24. The van der Waals surface area contributed by atoms with Crippen molar-refractivity contribution in [1.82, 2.24) is 19.7 Å². The fraction of sp³-hybridized carbons (Fsp3) is 0.158. The van der Waals surface area contributed by atoms with Crippen LogP contribution in [0.1, 0.15) is 21.6 Å². The topological polar surface area (TPSA) is 63.9 Å². The molecule has 0 unspecified atom stereocenters. The third-order valence-electron chi connectivity index (χ3n) is 4.16. The number of hydrogen-bond donors (Lipinski definition) is 0. The first-order chi connectivity index (χ1) is 13.0. The Balaban J connectivity index is 1.81. The van der Waals surface area contributed by atoms with E-state index in [4.69, 9.17) is 16.6 Å². The van der Waals surface area contributed by atoms with E-state index in [0.29, 0.717) is 22.4 Å². The number of nitrogens with zero attached hydrogens (tertiary/aromatic N) is 5. The summed E-state index contributed by atoms with van der Waals surface area (Å²) >= 11 is 7.75. The Morgan fingerprint density at radius 3 is 2.81 bits per heavy atom. The monoisotopic (exact) mass is 397 g/mol. The molecular weight excluding hydrogens is 382 g/mol. The maximum atomic E-state index is 13.2. The largest absolute Gasteiger partial charge is 0.280 e. The molecule has 0 aliphatic rings. The maximum Gasteiger partial charge on any atom is 0.280 e. The van der Waals surface area contributed by atoms with Gasteiger partial charge in [-0.3, -0.25) is 19.4 Å². The summed E-state index contributed by atoms with van der Waals surface area (Å²) in [6.45, 7) is 2.33. The molecule has 0 saturated carbocycles. The van der Waals surface area contributed by atoms with Gasteiger partial charge in [-0.25, -0.2) is 4.98 Å². The van der Waals surface area contributed by atoms with Crippen LogP contribution >= 0.6 is 22.9 Å². The molecule has 0 N–H and O–H groups in total. The Morgan fingerprint density at radius 1 is 1.30 bits per heavy atom. The van der Waals surface area contributed by atoms with Crippen molar-refractivity contribution in [1.29, 1.82) is 0 Å². The normalized spacial score (nSPS) is 11.1. The number of hydrogen-bond acceptors (Lipinski definition) is 5. The highest BCUT2D eigenvalue weighted by molar-refractivity contribution is 7.23. The molecule has 1 amide bonds. The van der Waals surface area contributed by atoms with E-state index in [2.05, 4.69) is 10.1 Å². The van der Waals surface area contributed by atoms with E-state index in [1.807, 2.05) is 31.2 Å². The van der Waals surface area contributed by atoms with Crippen LogP contribution in [0.2, 0.25) is 5.02 Å². The molecular formula is C19H16ClN5OS. The van der Waals surface area contributed by atoms with Gasteiger partial charge in [-0.15, -0.1) is 0 Å². The summed E-state index contributed by atoms with van der Waals surface area (Å²) in [6.07, 6.45) is 5.19. The molecule has 27 heavy (non-hydrogen) atoms. The molecule has 3 heterocycles. The van der Waals surface area contributed by atoms with Crippen LogP contribution in [0.15, 0.2) is 48.9 Å². The Hall–Kier alpha value is -2.77. The first-order valence-corrected chi connectivity index (χ1v) is 9.48. The highest BCUT2D eigenvalue weighted by atomic mass is 35.5. The van der Waals surface area contributed by atoms with Crippen molar-refractivity contribution in [3.8, 4) is 0 Å². The second-order valence-corrected chi connectivity index (χ2v) is 7.55. The highest BCUT2D eigenvalue weighted by Crippen LogP contribution is 2.36. The molecule has 1 aromatic carbocycles. The molecule has 0 aliphatic heterocycles. The standard InChI is InChI=1S/C19H16ClN5OS/c1-12-5-6-14(20)17-16(12)22-19(27-17)25(11-13-4-3-8-21-10-13)18(26)15-7-9-24(2)23-15/h3-10H,11H2,1-2H3. The molecule has 0 bridgehead atoms. The Kier molecular flexibility index (Phi) is 4.63. The molecule has 136 valence electrons. The van der Waals surface area contributed by atoms with Crippen molar-refractivity contribution >= 4 is 44.2 Å². The van der Waals surface area contributed by atoms with E-state index in [0.717, 1.165) is 21.3 Å². The van der Waals surface area contributed by atoms with Crippen LogP contribution in [-0.4, -0.2) is 25.7 Å². The zero-order chi connectivity index (χ0) is 19.0. The van der Waals surface area contributed by atoms with Gasteiger partial charge in [0.25, 0.3) is 5.91 Å². The Labute approximate surface area is 165 Å². The number of fused-ring (bicyclic) bond motifs is 1. The number of halogens is 1. The zero-order valence-electron chi connectivity index (χ0n) is 14.8. The predicted molar refractivity (Wildman–Crippen MR) is 107 cm³/mol. The van der Waals surface area contributed by atoms with Crippen molar-refractivity contribution in [2.45, 2.75) is 13.5 Å². The molecule has 0 saturated heterocycles. The van der Waals surface area contributed by atoms with Gasteiger partial charge < -0.3 is 0 Å². The number of carbonyl (C=O) groups excluding carboxylic acids is 1. The van der Waals surface area contributed by atoms with Gasteiger partial charge in [0, 0.05) is 25.6 Å². The molecule has 0 atom stereocenters. The van der Waals surface area contributed by atoms with Crippen molar-refractivity contribution in [3.05, 3.63) is 70.8 Å². The molecule has 6 nitrogen and oxygen atoms in total. The molecule has 8 heteroatoms. The lowest BCUT2D eigenvalue weighted by Gasteiger charge is -2.18. The number of amides is 1. The number of aryl methyl sites for hydroxylation is 2. The number of benzene rings is 1. The van der Waals surface area contributed by atoms with Crippen LogP contribution in [0.4, 0.5) is 5.13 Å². The number of anilines is 1. The number of aromatic nitrogens is 4. The van der Waals surface area contributed by atoms with Crippen molar-refractivity contribution < 1.29 is 4.79 Å². The third-order valence-corrected chi connectivity index (χ3v) is 5.70. The average molecular weight is 398 g/mol. The molecule has 4 aromatic rings. The number of pyridine rings is 1. The lowest BCUT2D eigenvalue weighted by molar-refractivity contribution is 0.0979. The molecule has 3 aromatic heterocycles. The molecule has 0 radical (unpaired) electrons. The van der Waals surface area contributed by atoms with E-state index in [1.54, 1.807) is 41.3 Å². The van der Waals surface area contributed by atoms with Gasteiger partial charge in [-0.05, 0) is 36.2 Å². The lowest BCUT2D eigenvalue weighted by Crippen LogP contribution is -2.30.